The molecule has 0 spiro atoms. The number of nitrogens with zero attached hydrogens (tertiary/aromatic N) is 4. The van der Waals surface area contributed by atoms with Crippen molar-refractivity contribution in [1.82, 2.24) is 19.8 Å². The highest BCUT2D eigenvalue weighted by Gasteiger charge is 2.12. The minimum absolute atomic E-state index is 0.0248. The van der Waals surface area contributed by atoms with Gasteiger partial charge >= 0.3 is 6.61 Å². The summed E-state index contributed by atoms with van der Waals surface area (Å²) >= 11 is 0. The van der Waals surface area contributed by atoms with Crippen LogP contribution >= 0.6 is 0 Å². The maximum absolute atomic E-state index is 13.3. The van der Waals surface area contributed by atoms with Gasteiger partial charge in [0.2, 0.25) is 5.88 Å². The molecule has 2 aromatic heterocycles. The molecule has 0 aliphatic heterocycles. The molecule has 0 fully saturated rings. The molecule has 0 saturated heterocycles. The van der Waals surface area contributed by atoms with Crippen LogP contribution in [0.15, 0.2) is 54.6 Å². The van der Waals surface area contributed by atoms with Gasteiger partial charge in [0.05, 0.1) is 6.61 Å². The van der Waals surface area contributed by atoms with Crippen LogP contribution < -0.4 is 9.47 Å². The molecule has 30 heavy (non-hydrogen) atoms. The number of benzene rings is 2. The van der Waals surface area contributed by atoms with Gasteiger partial charge in [0.25, 0.3) is 0 Å². The van der Waals surface area contributed by atoms with Gasteiger partial charge in [-0.2, -0.15) is 13.3 Å². The normalized spacial score (nSPS) is 11.2. The van der Waals surface area contributed by atoms with Gasteiger partial charge in [0.15, 0.2) is 23.1 Å². The second kappa shape index (κ2) is 8.36. The quantitative estimate of drug-likeness (QED) is 0.419. The maximum Gasteiger partial charge on any atom is 0.387 e. The van der Waals surface area contributed by atoms with E-state index in [1.54, 1.807) is 24.3 Å². The molecule has 4 rings (SSSR count). The Labute approximate surface area is 167 Å². The van der Waals surface area contributed by atoms with Crippen molar-refractivity contribution in [2.75, 3.05) is 6.61 Å². The smallest absolute Gasteiger partial charge is 0.387 e. The molecule has 10 heteroatoms. The van der Waals surface area contributed by atoms with Crippen LogP contribution in [0.5, 0.6) is 11.6 Å². The molecule has 0 radical (unpaired) electrons. The Morgan fingerprint density at radius 2 is 1.70 bits per heavy atom. The molecule has 0 bridgehead atoms. The molecule has 0 atom stereocenters. The summed E-state index contributed by atoms with van der Waals surface area (Å²) in [5.74, 6) is -1.12. The Hall–Kier alpha value is -3.69. The largest absolute Gasteiger partial charge is 0.476 e. The van der Waals surface area contributed by atoms with Gasteiger partial charge in [-0.15, -0.1) is 15.3 Å². The highest BCUT2D eigenvalue weighted by atomic mass is 19.3. The highest BCUT2D eigenvalue weighted by Crippen LogP contribution is 2.23. The number of halogens is 4. The van der Waals surface area contributed by atoms with Gasteiger partial charge in [-0.05, 0) is 48.0 Å². The van der Waals surface area contributed by atoms with Crippen LogP contribution in [0.2, 0.25) is 0 Å². The molecule has 0 saturated carbocycles. The molecule has 4 aromatic rings. The first-order valence-electron chi connectivity index (χ1n) is 8.84. The van der Waals surface area contributed by atoms with E-state index in [0.29, 0.717) is 29.0 Å². The van der Waals surface area contributed by atoms with Crippen molar-refractivity contribution >= 4 is 5.65 Å². The lowest BCUT2D eigenvalue weighted by Crippen LogP contribution is -2.05. The van der Waals surface area contributed by atoms with Crippen LogP contribution in [0.1, 0.15) is 5.56 Å². The van der Waals surface area contributed by atoms with E-state index in [1.807, 2.05) is 0 Å². The Kier molecular flexibility index (Phi) is 5.46. The molecule has 2 heterocycles. The predicted octanol–water partition coefficient (Wildman–Crippen LogP) is 4.29. The highest BCUT2D eigenvalue weighted by molar-refractivity contribution is 5.59. The molecule has 0 amide bonds. The first-order chi connectivity index (χ1) is 14.5. The number of fused-ring (bicyclic) bond motifs is 1. The van der Waals surface area contributed by atoms with E-state index in [9.17, 15) is 17.6 Å². The Bertz CT molecular complexity index is 1170. The number of ether oxygens (including phenoxy) is 2. The number of rotatable bonds is 7. The van der Waals surface area contributed by atoms with Gasteiger partial charge in [0.1, 0.15) is 5.75 Å². The van der Waals surface area contributed by atoms with Gasteiger partial charge in [-0.3, -0.25) is 0 Å². The Morgan fingerprint density at radius 1 is 0.900 bits per heavy atom. The van der Waals surface area contributed by atoms with E-state index < -0.39 is 18.2 Å². The van der Waals surface area contributed by atoms with E-state index >= 15 is 0 Å². The summed E-state index contributed by atoms with van der Waals surface area (Å²) in [6.45, 7) is -2.71. The number of alkyl halides is 2. The molecule has 2 aromatic carbocycles. The zero-order chi connectivity index (χ0) is 21.1. The summed E-state index contributed by atoms with van der Waals surface area (Å²) < 4.78 is 62.2. The fourth-order valence-electron chi connectivity index (χ4n) is 2.78. The summed E-state index contributed by atoms with van der Waals surface area (Å²) in [7, 11) is 0. The molecule has 0 aliphatic carbocycles. The van der Waals surface area contributed by atoms with E-state index in [1.165, 1.54) is 22.7 Å². The summed E-state index contributed by atoms with van der Waals surface area (Å²) in [5.41, 5.74) is 1.65. The fourth-order valence-corrected chi connectivity index (χ4v) is 2.78. The average Bonchev–Trinajstić information content (AvgIpc) is 3.14. The minimum Gasteiger partial charge on any atom is -0.476 e. The summed E-state index contributed by atoms with van der Waals surface area (Å²) in [5, 5.41) is 12.4. The van der Waals surface area contributed by atoms with Crippen LogP contribution in [0.25, 0.3) is 17.0 Å². The lowest BCUT2D eigenvalue weighted by molar-refractivity contribution is -0.0498. The molecular formula is C20H14F4N4O2. The second-order valence-corrected chi connectivity index (χ2v) is 6.21. The van der Waals surface area contributed by atoms with Crippen molar-refractivity contribution < 1.29 is 27.0 Å². The summed E-state index contributed by atoms with van der Waals surface area (Å²) in [4.78, 5) is 0. The van der Waals surface area contributed by atoms with Crippen molar-refractivity contribution in [3.8, 4) is 23.0 Å². The topological polar surface area (TPSA) is 61.5 Å². The van der Waals surface area contributed by atoms with Gasteiger partial charge in [-0.1, -0.05) is 6.07 Å². The first-order valence-corrected chi connectivity index (χ1v) is 8.84. The lowest BCUT2D eigenvalue weighted by atomic mass is 10.1. The van der Waals surface area contributed by atoms with Crippen LogP contribution in [-0.2, 0) is 6.42 Å². The zero-order valence-corrected chi connectivity index (χ0v) is 15.3. The molecule has 154 valence electrons. The number of hydrogen-bond acceptors (Lipinski definition) is 5. The monoisotopic (exact) mass is 418 g/mol. The number of hydrogen-bond donors (Lipinski definition) is 0. The average molecular weight is 418 g/mol. The standard InChI is InChI=1S/C20H14F4N4O2/c21-15-6-1-12(11-16(15)22)9-10-29-18-8-7-17-25-26-19(28(17)27-18)13-2-4-14(5-3-13)30-20(23)24/h1-8,11,20H,9-10H2. The van der Waals surface area contributed by atoms with Crippen LogP contribution in [0.4, 0.5) is 17.6 Å². The van der Waals surface area contributed by atoms with E-state index in [-0.39, 0.29) is 18.2 Å². The van der Waals surface area contributed by atoms with Crippen molar-refractivity contribution in [2.45, 2.75) is 13.0 Å². The molecule has 0 aliphatic rings. The molecule has 0 unspecified atom stereocenters. The summed E-state index contributed by atoms with van der Waals surface area (Å²) in [6, 6.07) is 12.8. The van der Waals surface area contributed by atoms with Gasteiger partial charge in [-0.25, -0.2) is 8.78 Å². The van der Waals surface area contributed by atoms with Gasteiger partial charge in [0, 0.05) is 18.1 Å². The third kappa shape index (κ3) is 4.32. The molecular weight excluding hydrogens is 404 g/mol. The third-order valence-corrected chi connectivity index (χ3v) is 4.20. The van der Waals surface area contributed by atoms with E-state index in [0.717, 1.165) is 12.1 Å². The SMILES string of the molecule is Fc1ccc(CCOc2ccc3nnc(-c4ccc(OC(F)F)cc4)n3n2)cc1F. The van der Waals surface area contributed by atoms with Gasteiger partial charge < -0.3 is 9.47 Å². The van der Waals surface area contributed by atoms with Crippen LogP contribution in [0, 0.1) is 11.6 Å². The maximum atomic E-state index is 13.3. The Balaban J connectivity index is 1.49. The second-order valence-electron chi connectivity index (χ2n) is 6.21. The minimum atomic E-state index is -2.91. The lowest BCUT2D eigenvalue weighted by Gasteiger charge is -2.07. The van der Waals surface area contributed by atoms with Crippen molar-refractivity contribution in [1.29, 1.82) is 0 Å². The molecule has 0 N–H and O–H groups in total. The van der Waals surface area contributed by atoms with Crippen LogP contribution in [-0.4, -0.2) is 33.0 Å². The van der Waals surface area contributed by atoms with Crippen molar-refractivity contribution in [3.63, 3.8) is 0 Å². The van der Waals surface area contributed by atoms with Crippen molar-refractivity contribution in [3.05, 3.63) is 71.8 Å². The van der Waals surface area contributed by atoms with Crippen LogP contribution in [0.3, 0.4) is 0 Å². The number of aromatic nitrogens is 4. The fraction of sp³-hybridized carbons (Fsp3) is 0.150. The Morgan fingerprint density at radius 3 is 2.43 bits per heavy atom. The van der Waals surface area contributed by atoms with Crippen molar-refractivity contribution in [2.24, 2.45) is 0 Å². The van der Waals surface area contributed by atoms with E-state index in [4.69, 9.17) is 4.74 Å². The predicted molar refractivity (Wildman–Crippen MR) is 98.4 cm³/mol. The summed E-state index contributed by atoms with van der Waals surface area (Å²) in [6.07, 6.45) is 0.359. The third-order valence-electron chi connectivity index (χ3n) is 4.20. The van der Waals surface area contributed by atoms with E-state index in [2.05, 4.69) is 20.0 Å². The zero-order valence-electron chi connectivity index (χ0n) is 15.3. The first kappa shape index (κ1) is 19.6. The molecule has 6 nitrogen and oxygen atoms in total.